The molecule has 1 amide bonds. The first-order valence-corrected chi connectivity index (χ1v) is 8.28. The van der Waals surface area contributed by atoms with E-state index in [9.17, 15) is 9.90 Å². The number of aliphatic hydroxyl groups is 1. The van der Waals surface area contributed by atoms with Crippen molar-refractivity contribution in [1.29, 1.82) is 0 Å². The van der Waals surface area contributed by atoms with Gasteiger partial charge in [0, 0.05) is 27.7 Å². The van der Waals surface area contributed by atoms with Crippen molar-refractivity contribution in [3.8, 4) is 0 Å². The minimum atomic E-state index is -1.43. The molecule has 1 N–H and O–H groups in total. The Labute approximate surface area is 143 Å². The van der Waals surface area contributed by atoms with Crippen LogP contribution < -0.4 is 0 Å². The van der Waals surface area contributed by atoms with E-state index >= 15 is 0 Å². The molecule has 0 radical (unpaired) electrons. The third-order valence-corrected chi connectivity index (χ3v) is 4.50. The van der Waals surface area contributed by atoms with Gasteiger partial charge in [-0.05, 0) is 30.7 Å². The predicted molar refractivity (Wildman–Crippen MR) is 93.0 cm³/mol. The Balaban J connectivity index is 2.01. The summed E-state index contributed by atoms with van der Waals surface area (Å²) in [6.07, 6.45) is 1.02. The number of hydrogen-bond donors (Lipinski definition) is 1. The van der Waals surface area contributed by atoms with Crippen molar-refractivity contribution < 1.29 is 9.90 Å². The maximum atomic E-state index is 12.9. The van der Waals surface area contributed by atoms with Crippen LogP contribution in [0, 0.1) is 0 Å². The fraction of sp³-hybridized carbons (Fsp3) is 0.222. The maximum Gasteiger partial charge on any atom is 0.276 e. The molecule has 23 heavy (non-hydrogen) atoms. The summed E-state index contributed by atoms with van der Waals surface area (Å²) in [5, 5.41) is 16.8. The molecule has 5 heteroatoms. The van der Waals surface area contributed by atoms with Gasteiger partial charge in [0.15, 0.2) is 5.72 Å². The summed E-state index contributed by atoms with van der Waals surface area (Å²) in [7, 11) is 0. The van der Waals surface area contributed by atoms with Crippen LogP contribution in [0.25, 0.3) is 0 Å². The van der Waals surface area contributed by atoms with E-state index in [-0.39, 0.29) is 5.91 Å². The molecule has 2 aromatic carbocycles. The molecule has 1 atom stereocenters. The lowest BCUT2D eigenvalue weighted by Gasteiger charge is -2.31. The lowest BCUT2D eigenvalue weighted by atomic mass is 9.96. The summed E-state index contributed by atoms with van der Waals surface area (Å²) < 4.78 is 0.895. The molecule has 0 spiro atoms. The average molecular weight is 373 g/mol. The van der Waals surface area contributed by atoms with Crippen LogP contribution >= 0.6 is 15.9 Å². The van der Waals surface area contributed by atoms with E-state index in [0.717, 1.165) is 10.2 Å². The van der Waals surface area contributed by atoms with Crippen molar-refractivity contribution in [2.75, 3.05) is 0 Å². The first-order valence-electron chi connectivity index (χ1n) is 7.49. The van der Waals surface area contributed by atoms with Crippen molar-refractivity contribution in [2.45, 2.75) is 25.5 Å². The molecule has 1 aliphatic rings. The van der Waals surface area contributed by atoms with Crippen LogP contribution in [0.3, 0.4) is 0 Å². The molecule has 0 fully saturated rings. The van der Waals surface area contributed by atoms with Gasteiger partial charge in [0.2, 0.25) is 0 Å². The summed E-state index contributed by atoms with van der Waals surface area (Å²) in [5.41, 5.74) is 0.527. The molecule has 0 saturated heterocycles. The summed E-state index contributed by atoms with van der Waals surface area (Å²) in [5.74, 6) is -0.313. The van der Waals surface area contributed by atoms with Gasteiger partial charge in [0.1, 0.15) is 0 Å². The van der Waals surface area contributed by atoms with Gasteiger partial charge < -0.3 is 5.11 Å². The van der Waals surface area contributed by atoms with Gasteiger partial charge in [-0.3, -0.25) is 4.79 Å². The number of rotatable bonds is 3. The van der Waals surface area contributed by atoms with Gasteiger partial charge >= 0.3 is 0 Å². The van der Waals surface area contributed by atoms with Crippen LogP contribution in [0.5, 0.6) is 0 Å². The summed E-state index contributed by atoms with van der Waals surface area (Å²) in [6.45, 7) is 1.97. The maximum absolute atomic E-state index is 12.9. The van der Waals surface area contributed by atoms with E-state index in [0.29, 0.717) is 24.0 Å². The third-order valence-electron chi connectivity index (χ3n) is 3.97. The van der Waals surface area contributed by atoms with Crippen LogP contribution in [0.4, 0.5) is 0 Å². The first kappa shape index (κ1) is 15.9. The number of halogens is 1. The third kappa shape index (κ3) is 2.94. The summed E-state index contributed by atoms with van der Waals surface area (Å²) in [6, 6.07) is 16.2. The highest BCUT2D eigenvalue weighted by atomic mass is 79.9. The molecule has 1 aliphatic heterocycles. The predicted octanol–water partition coefficient (Wildman–Crippen LogP) is 3.91. The second-order valence-electron chi connectivity index (χ2n) is 5.50. The van der Waals surface area contributed by atoms with Crippen LogP contribution in [0.2, 0.25) is 0 Å². The highest BCUT2D eigenvalue weighted by Gasteiger charge is 2.45. The number of hydrogen-bond acceptors (Lipinski definition) is 3. The molecule has 0 aliphatic carbocycles. The second kappa shape index (κ2) is 6.26. The van der Waals surface area contributed by atoms with E-state index in [2.05, 4.69) is 21.0 Å². The van der Waals surface area contributed by atoms with Gasteiger partial charge in [0.25, 0.3) is 5.91 Å². The molecule has 118 valence electrons. The minimum Gasteiger partial charge on any atom is -0.365 e. The number of amides is 1. The number of carbonyl (C=O) groups excluding carboxylic acids is 1. The number of hydrazone groups is 1. The van der Waals surface area contributed by atoms with Crippen LogP contribution in [-0.4, -0.2) is 21.7 Å². The van der Waals surface area contributed by atoms with Crippen LogP contribution in [0.15, 0.2) is 64.2 Å². The van der Waals surface area contributed by atoms with E-state index < -0.39 is 5.72 Å². The summed E-state index contributed by atoms with van der Waals surface area (Å²) >= 11 is 3.36. The fourth-order valence-electron chi connectivity index (χ4n) is 2.67. The van der Waals surface area contributed by atoms with Crippen molar-refractivity contribution in [1.82, 2.24) is 5.01 Å². The molecule has 0 bridgehead atoms. The van der Waals surface area contributed by atoms with Crippen molar-refractivity contribution in [3.63, 3.8) is 0 Å². The SMILES string of the molecule is CCC1=NN(C(=O)c2ccc(Br)cc2)[C@](O)(c2ccccc2)C1. The number of benzene rings is 2. The minimum absolute atomic E-state index is 0.313. The highest BCUT2D eigenvalue weighted by Crippen LogP contribution is 2.37. The average Bonchev–Trinajstić information content (AvgIpc) is 2.94. The molecule has 0 unspecified atom stereocenters. The number of nitrogens with zero attached hydrogens (tertiary/aromatic N) is 2. The van der Waals surface area contributed by atoms with E-state index in [1.807, 2.05) is 37.3 Å². The molecule has 1 heterocycles. The highest BCUT2D eigenvalue weighted by molar-refractivity contribution is 9.10. The Kier molecular flexibility index (Phi) is 4.33. The molecule has 2 aromatic rings. The Hall–Kier alpha value is -1.98. The van der Waals surface area contributed by atoms with Crippen LogP contribution in [-0.2, 0) is 5.72 Å². The van der Waals surface area contributed by atoms with Gasteiger partial charge in [0.05, 0.1) is 0 Å². The smallest absolute Gasteiger partial charge is 0.276 e. The molecule has 0 aromatic heterocycles. The molecular formula is C18H17BrN2O2. The van der Waals surface area contributed by atoms with E-state index in [4.69, 9.17) is 0 Å². The van der Waals surface area contributed by atoms with Gasteiger partial charge in [-0.25, -0.2) is 0 Å². The Bertz CT molecular complexity index is 743. The molecule has 4 nitrogen and oxygen atoms in total. The largest absolute Gasteiger partial charge is 0.365 e. The second-order valence-corrected chi connectivity index (χ2v) is 6.42. The normalized spacial score (nSPS) is 20.5. The zero-order valence-electron chi connectivity index (χ0n) is 12.7. The fourth-order valence-corrected chi connectivity index (χ4v) is 2.94. The van der Waals surface area contributed by atoms with E-state index in [1.54, 1.807) is 24.3 Å². The zero-order valence-corrected chi connectivity index (χ0v) is 14.3. The standard InChI is InChI=1S/C18H17BrN2O2/c1-2-16-12-18(23,14-6-4-3-5-7-14)21(20-16)17(22)13-8-10-15(19)11-9-13/h3-11,23H,2,12H2,1H3/t18-/m1/s1. The van der Waals surface area contributed by atoms with E-state index in [1.165, 1.54) is 5.01 Å². The van der Waals surface area contributed by atoms with Gasteiger partial charge in [-0.2, -0.15) is 10.1 Å². The van der Waals surface area contributed by atoms with Crippen molar-refractivity contribution in [2.24, 2.45) is 5.10 Å². The Morgan fingerprint density at radius 2 is 1.87 bits per heavy atom. The molecule has 0 saturated carbocycles. The van der Waals surface area contributed by atoms with Crippen molar-refractivity contribution in [3.05, 3.63) is 70.2 Å². The topological polar surface area (TPSA) is 52.9 Å². The zero-order chi connectivity index (χ0) is 16.4. The van der Waals surface area contributed by atoms with Crippen molar-refractivity contribution >= 4 is 27.5 Å². The Morgan fingerprint density at radius 1 is 1.22 bits per heavy atom. The lowest BCUT2D eigenvalue weighted by molar-refractivity contribution is -0.0765. The molecule has 3 rings (SSSR count). The number of carbonyl (C=O) groups is 1. The first-order chi connectivity index (χ1) is 11.0. The van der Waals surface area contributed by atoms with Gasteiger partial charge in [-0.1, -0.05) is 53.2 Å². The Morgan fingerprint density at radius 3 is 2.48 bits per heavy atom. The lowest BCUT2D eigenvalue weighted by Crippen LogP contribution is -2.43. The monoisotopic (exact) mass is 372 g/mol. The quantitative estimate of drug-likeness (QED) is 0.887. The van der Waals surface area contributed by atoms with Crippen LogP contribution in [0.1, 0.15) is 35.7 Å². The summed E-state index contributed by atoms with van der Waals surface area (Å²) in [4.78, 5) is 12.9. The van der Waals surface area contributed by atoms with Gasteiger partial charge in [-0.15, -0.1) is 0 Å². The molecular weight excluding hydrogens is 356 g/mol.